The summed E-state index contributed by atoms with van der Waals surface area (Å²) in [5.41, 5.74) is 16.7. The molecule has 1 aliphatic heterocycles. The Labute approximate surface area is 312 Å². The second kappa shape index (κ2) is 23.3. The molecule has 0 spiro atoms. The lowest BCUT2D eigenvalue weighted by Gasteiger charge is -2.28. The number of carbonyl (C=O) groups excluding carboxylic acids is 6. The lowest BCUT2D eigenvalue weighted by molar-refractivity contribution is -0.142. The zero-order chi connectivity index (χ0) is 40.4. The molecule has 0 aliphatic carbocycles. The summed E-state index contributed by atoms with van der Waals surface area (Å²) in [5, 5.41) is 53.2. The highest BCUT2D eigenvalue weighted by Gasteiger charge is 2.36. The molecule has 24 heteroatoms. The number of hydrogen-bond acceptors (Lipinski definition) is 14. The highest BCUT2D eigenvalue weighted by atomic mass is 33.1. The third-order valence-corrected chi connectivity index (χ3v) is 9.77. The van der Waals surface area contributed by atoms with Crippen molar-refractivity contribution in [1.82, 2.24) is 31.9 Å². The number of aliphatic hydroxyl groups is 2. The highest BCUT2D eigenvalue weighted by molar-refractivity contribution is 8.76. The molecule has 53 heavy (non-hydrogen) atoms. The molecule has 8 atom stereocenters. The number of nitrogens with zero attached hydrogens (tertiary/aromatic N) is 1. The standard InChI is InChI=1S/C29H50N10O12S2/c1-12(2)7-16-24(46)38-19(28(50)51)11-53-52-10-14(30)22(44)34-15(5-4-6-33-29(31)32)23(45)37-18(9-40)26(48)35-17(8-20(42)43)25(47)39-21(13(3)41)27(49)36-16/h12-19,21,40-41H,4-11,30H2,1-3H3,(H,34,44)(H,35,48)(H,36,49)(H,37,45)(H,38,46)(H,39,47)(H,42,43)(H,50,51)(H4,31,32,33)/t13-,14-,15-,16-,17-,18+,19-,21+/m1/s1. The smallest absolute Gasteiger partial charge is 0.327 e. The normalized spacial score (nSPS) is 26.8. The van der Waals surface area contributed by atoms with Crippen LogP contribution in [0.4, 0.5) is 0 Å². The summed E-state index contributed by atoms with van der Waals surface area (Å²) >= 11 is 0. The number of carboxylic acid groups (broad SMARTS) is 2. The second-order valence-electron chi connectivity index (χ2n) is 12.4. The van der Waals surface area contributed by atoms with Crippen LogP contribution < -0.4 is 49.1 Å². The van der Waals surface area contributed by atoms with E-state index in [1.54, 1.807) is 13.8 Å². The second-order valence-corrected chi connectivity index (χ2v) is 15.0. The number of nitrogens with one attached hydrogen (secondary N) is 6. The van der Waals surface area contributed by atoms with Gasteiger partial charge < -0.3 is 69.5 Å². The van der Waals surface area contributed by atoms with E-state index in [0.29, 0.717) is 0 Å². The van der Waals surface area contributed by atoms with Crippen LogP contribution in [0.3, 0.4) is 0 Å². The van der Waals surface area contributed by atoms with Gasteiger partial charge in [0.1, 0.15) is 36.3 Å². The van der Waals surface area contributed by atoms with Crippen molar-refractivity contribution in [2.24, 2.45) is 28.1 Å². The minimum absolute atomic E-state index is 0.00249. The Hall–Kier alpha value is -4.39. The highest BCUT2D eigenvalue weighted by Crippen LogP contribution is 2.23. The molecular weight excluding hydrogens is 745 g/mol. The zero-order valence-corrected chi connectivity index (χ0v) is 31.0. The van der Waals surface area contributed by atoms with Crippen molar-refractivity contribution in [3.05, 3.63) is 0 Å². The fourth-order valence-corrected chi connectivity index (χ4v) is 6.84. The van der Waals surface area contributed by atoms with Crippen molar-refractivity contribution >= 4 is 74.9 Å². The van der Waals surface area contributed by atoms with Gasteiger partial charge in [-0.2, -0.15) is 0 Å². The summed E-state index contributed by atoms with van der Waals surface area (Å²) in [6, 6.07) is -10.9. The SMILES string of the molecule is CC(C)C[C@H]1NC(=O)[C@H]([C@@H](C)O)NC(=O)[C@@H](CC(=O)O)NC(=O)[C@H](CO)NC(=O)[C@@H](CCCN=C(N)N)NC(=O)[C@H](N)CSSC[C@H](C(=O)O)NC1=O. The van der Waals surface area contributed by atoms with Crippen molar-refractivity contribution < 1.29 is 58.8 Å². The van der Waals surface area contributed by atoms with E-state index in [4.69, 9.17) is 17.2 Å². The average Bonchev–Trinajstić information content (AvgIpc) is 3.06. The van der Waals surface area contributed by atoms with Gasteiger partial charge in [-0.1, -0.05) is 35.4 Å². The van der Waals surface area contributed by atoms with E-state index in [9.17, 15) is 58.8 Å². The van der Waals surface area contributed by atoms with E-state index in [0.717, 1.165) is 28.5 Å². The van der Waals surface area contributed by atoms with E-state index in [1.807, 2.05) is 0 Å². The van der Waals surface area contributed by atoms with Crippen molar-refractivity contribution in [1.29, 1.82) is 0 Å². The van der Waals surface area contributed by atoms with E-state index >= 15 is 0 Å². The molecule has 1 saturated heterocycles. The van der Waals surface area contributed by atoms with Gasteiger partial charge in [0.2, 0.25) is 35.4 Å². The van der Waals surface area contributed by atoms with Crippen LogP contribution in [0.5, 0.6) is 0 Å². The molecule has 1 heterocycles. The van der Waals surface area contributed by atoms with Crippen LogP contribution in [0, 0.1) is 5.92 Å². The van der Waals surface area contributed by atoms with Gasteiger partial charge in [-0.25, -0.2) is 4.79 Å². The quantitative estimate of drug-likeness (QED) is 0.0402. The van der Waals surface area contributed by atoms with Crippen LogP contribution in [0.2, 0.25) is 0 Å². The Balaban J connectivity index is 3.58. The Bertz CT molecular complexity index is 1350. The number of hydrogen-bond donors (Lipinski definition) is 13. The average molecular weight is 795 g/mol. The lowest BCUT2D eigenvalue weighted by Crippen LogP contribution is -2.62. The van der Waals surface area contributed by atoms with Crippen molar-refractivity contribution in [3.8, 4) is 0 Å². The van der Waals surface area contributed by atoms with Gasteiger partial charge in [-0.15, -0.1) is 0 Å². The Morgan fingerprint density at radius 1 is 0.774 bits per heavy atom. The van der Waals surface area contributed by atoms with Crippen LogP contribution in [0.1, 0.15) is 46.5 Å². The van der Waals surface area contributed by atoms with Crippen LogP contribution in [-0.4, -0.2) is 147 Å². The molecule has 16 N–H and O–H groups in total. The molecule has 300 valence electrons. The minimum atomic E-state index is -1.92. The predicted molar refractivity (Wildman–Crippen MR) is 192 cm³/mol. The molecule has 0 aromatic heterocycles. The van der Waals surface area contributed by atoms with E-state index < -0.39 is 109 Å². The number of carbonyl (C=O) groups is 8. The molecule has 0 saturated carbocycles. The molecule has 0 bridgehead atoms. The van der Waals surface area contributed by atoms with Crippen LogP contribution in [-0.2, 0) is 38.4 Å². The largest absolute Gasteiger partial charge is 0.481 e. The van der Waals surface area contributed by atoms with Crippen LogP contribution >= 0.6 is 21.6 Å². The maximum atomic E-state index is 13.3. The first-order chi connectivity index (χ1) is 24.8. The summed E-state index contributed by atoms with van der Waals surface area (Å²) in [7, 11) is 1.96. The third-order valence-electron chi connectivity index (χ3n) is 7.33. The summed E-state index contributed by atoms with van der Waals surface area (Å²) in [6.45, 7) is 3.55. The summed E-state index contributed by atoms with van der Waals surface area (Å²) in [6.07, 6.45) is -2.63. The molecule has 6 amide bonds. The van der Waals surface area contributed by atoms with Gasteiger partial charge in [-0.3, -0.25) is 38.6 Å². The van der Waals surface area contributed by atoms with Gasteiger partial charge in [0.15, 0.2) is 5.96 Å². The predicted octanol–water partition coefficient (Wildman–Crippen LogP) is -5.35. The molecular formula is C29H50N10O12S2. The first kappa shape index (κ1) is 46.6. The maximum absolute atomic E-state index is 13.3. The minimum Gasteiger partial charge on any atom is -0.481 e. The number of aliphatic imine (C=N–C) groups is 1. The van der Waals surface area contributed by atoms with E-state index in [-0.39, 0.29) is 49.2 Å². The Morgan fingerprint density at radius 3 is 1.85 bits per heavy atom. The van der Waals surface area contributed by atoms with Crippen molar-refractivity contribution in [3.63, 3.8) is 0 Å². The fraction of sp³-hybridized carbons (Fsp3) is 0.690. The van der Waals surface area contributed by atoms with Gasteiger partial charge >= 0.3 is 11.9 Å². The summed E-state index contributed by atoms with van der Waals surface area (Å²) in [5.74, 6) is -10.0. The van der Waals surface area contributed by atoms with Crippen LogP contribution in [0.25, 0.3) is 0 Å². The number of rotatable bonds is 11. The lowest BCUT2D eigenvalue weighted by atomic mass is 10.0. The number of amides is 6. The van der Waals surface area contributed by atoms with Gasteiger partial charge in [-0.05, 0) is 32.1 Å². The molecule has 1 rings (SSSR count). The fourth-order valence-electron chi connectivity index (χ4n) is 4.56. The number of guanidine groups is 1. The van der Waals surface area contributed by atoms with Gasteiger partial charge in [0.05, 0.1) is 25.2 Å². The van der Waals surface area contributed by atoms with Crippen molar-refractivity contribution in [2.75, 3.05) is 24.7 Å². The third kappa shape index (κ3) is 17.3. The molecule has 0 aromatic carbocycles. The molecule has 0 aromatic rings. The Kier molecular flexibility index (Phi) is 20.5. The number of aliphatic carboxylic acids is 2. The van der Waals surface area contributed by atoms with Gasteiger partial charge in [0.25, 0.3) is 0 Å². The monoisotopic (exact) mass is 794 g/mol. The first-order valence-corrected chi connectivity index (χ1v) is 18.9. The van der Waals surface area contributed by atoms with Crippen LogP contribution in [0.15, 0.2) is 4.99 Å². The molecule has 1 fully saturated rings. The first-order valence-electron chi connectivity index (χ1n) is 16.4. The summed E-state index contributed by atoms with van der Waals surface area (Å²) < 4.78 is 0. The number of carboxylic acids is 2. The molecule has 22 nitrogen and oxygen atoms in total. The van der Waals surface area contributed by atoms with Gasteiger partial charge in [0, 0.05) is 18.1 Å². The zero-order valence-electron chi connectivity index (χ0n) is 29.4. The molecule has 1 aliphatic rings. The Morgan fingerprint density at radius 2 is 1.30 bits per heavy atom. The topological polar surface area (TPSA) is 380 Å². The van der Waals surface area contributed by atoms with Crippen molar-refractivity contribution in [2.45, 2.75) is 94.9 Å². The molecule has 0 unspecified atom stereocenters. The maximum Gasteiger partial charge on any atom is 0.327 e. The molecule has 0 radical (unpaired) electrons. The van der Waals surface area contributed by atoms with E-state index in [2.05, 4.69) is 36.9 Å². The summed E-state index contributed by atoms with van der Waals surface area (Å²) in [4.78, 5) is 107. The van der Waals surface area contributed by atoms with E-state index in [1.165, 1.54) is 0 Å². The number of aliphatic hydroxyl groups excluding tert-OH is 2. The number of nitrogens with two attached hydrogens (primary N) is 3.